The topological polar surface area (TPSA) is 59.2 Å². The Morgan fingerprint density at radius 2 is 2.00 bits per heavy atom. The molecule has 2 bridgehead atoms. The molecule has 20 heavy (non-hydrogen) atoms. The van der Waals surface area contributed by atoms with E-state index in [0.29, 0.717) is 24.1 Å². The van der Waals surface area contributed by atoms with Crippen LogP contribution in [0.2, 0.25) is 0 Å². The molecule has 0 amide bonds. The maximum absolute atomic E-state index is 10.3. The van der Waals surface area contributed by atoms with E-state index in [4.69, 9.17) is 4.52 Å². The molecule has 3 aliphatic carbocycles. The van der Waals surface area contributed by atoms with Crippen LogP contribution in [0.1, 0.15) is 69.0 Å². The van der Waals surface area contributed by atoms with E-state index in [-0.39, 0.29) is 6.10 Å². The molecular weight excluding hydrogens is 252 g/mol. The lowest BCUT2D eigenvalue weighted by molar-refractivity contribution is 0.102. The second-order valence-corrected chi connectivity index (χ2v) is 7.14. The fourth-order valence-corrected chi connectivity index (χ4v) is 4.75. The average molecular weight is 276 g/mol. The predicted octanol–water partition coefficient (Wildman–Crippen LogP) is 3.07. The Morgan fingerprint density at radius 1 is 1.15 bits per heavy atom. The van der Waals surface area contributed by atoms with Crippen molar-refractivity contribution in [1.29, 1.82) is 0 Å². The molecule has 4 unspecified atom stereocenters. The number of aliphatic hydroxyl groups is 1. The van der Waals surface area contributed by atoms with Crippen LogP contribution < -0.4 is 0 Å². The lowest BCUT2D eigenvalue weighted by atomic mass is 9.88. The van der Waals surface area contributed by atoms with Crippen LogP contribution in [0.4, 0.5) is 0 Å². The zero-order valence-electron chi connectivity index (χ0n) is 12.0. The highest BCUT2D eigenvalue weighted by molar-refractivity contribution is 5.06. The van der Waals surface area contributed by atoms with Crippen molar-refractivity contribution < 1.29 is 9.63 Å². The first-order valence-electron chi connectivity index (χ1n) is 8.30. The highest BCUT2D eigenvalue weighted by Gasteiger charge is 2.42. The maximum Gasteiger partial charge on any atom is 0.229 e. The molecule has 110 valence electrons. The largest absolute Gasteiger partial charge is 0.392 e. The summed E-state index contributed by atoms with van der Waals surface area (Å²) in [4.78, 5) is 4.58. The van der Waals surface area contributed by atoms with Gasteiger partial charge in [0.25, 0.3) is 0 Å². The SMILES string of the molecule is OC(Cc1nc(C2CC3CCC2C3)no1)C1CCCC1. The normalized spacial score (nSPS) is 35.0. The van der Waals surface area contributed by atoms with Crippen molar-refractivity contribution in [3.8, 4) is 0 Å². The molecule has 0 aliphatic heterocycles. The van der Waals surface area contributed by atoms with Gasteiger partial charge < -0.3 is 9.63 Å². The summed E-state index contributed by atoms with van der Waals surface area (Å²) in [5.41, 5.74) is 0. The Kier molecular flexibility index (Phi) is 3.29. The van der Waals surface area contributed by atoms with Crippen molar-refractivity contribution in [2.45, 2.75) is 69.8 Å². The third-order valence-corrected chi connectivity index (χ3v) is 5.88. The van der Waals surface area contributed by atoms with E-state index in [0.717, 1.165) is 30.5 Å². The number of aliphatic hydroxyl groups excluding tert-OH is 1. The highest BCUT2D eigenvalue weighted by atomic mass is 16.5. The first-order chi connectivity index (χ1) is 9.79. The van der Waals surface area contributed by atoms with Crippen molar-refractivity contribution in [2.24, 2.45) is 17.8 Å². The first-order valence-corrected chi connectivity index (χ1v) is 8.30. The molecule has 0 spiro atoms. The van der Waals surface area contributed by atoms with Gasteiger partial charge in [0.1, 0.15) is 0 Å². The summed E-state index contributed by atoms with van der Waals surface area (Å²) in [5.74, 6) is 4.19. The number of aromatic nitrogens is 2. The van der Waals surface area contributed by atoms with Crippen molar-refractivity contribution in [2.75, 3.05) is 0 Å². The molecule has 3 fully saturated rings. The maximum atomic E-state index is 10.3. The number of fused-ring (bicyclic) bond motifs is 2. The van der Waals surface area contributed by atoms with Crippen molar-refractivity contribution in [3.05, 3.63) is 11.7 Å². The molecule has 4 nitrogen and oxygen atoms in total. The van der Waals surface area contributed by atoms with Crippen LogP contribution in [0, 0.1) is 17.8 Å². The quantitative estimate of drug-likeness (QED) is 0.918. The molecule has 1 N–H and O–H groups in total. The number of hydrogen-bond donors (Lipinski definition) is 1. The van der Waals surface area contributed by atoms with Gasteiger partial charge in [0.2, 0.25) is 5.89 Å². The predicted molar refractivity (Wildman–Crippen MR) is 74.2 cm³/mol. The average Bonchev–Trinajstić information content (AvgIpc) is 3.22. The van der Waals surface area contributed by atoms with Crippen LogP contribution in [0.3, 0.4) is 0 Å². The van der Waals surface area contributed by atoms with Crippen LogP contribution >= 0.6 is 0 Å². The van der Waals surface area contributed by atoms with Gasteiger partial charge in [-0.15, -0.1) is 0 Å². The van der Waals surface area contributed by atoms with E-state index in [1.165, 1.54) is 38.5 Å². The van der Waals surface area contributed by atoms with Gasteiger partial charge in [0.05, 0.1) is 12.5 Å². The minimum Gasteiger partial charge on any atom is -0.392 e. The van der Waals surface area contributed by atoms with E-state index >= 15 is 0 Å². The van der Waals surface area contributed by atoms with Gasteiger partial charge in [-0.05, 0) is 49.9 Å². The molecule has 4 heteroatoms. The molecule has 0 aromatic carbocycles. The Balaban J connectivity index is 1.40. The molecule has 1 aromatic rings. The fourth-order valence-electron chi connectivity index (χ4n) is 4.75. The van der Waals surface area contributed by atoms with Gasteiger partial charge in [-0.3, -0.25) is 0 Å². The van der Waals surface area contributed by atoms with Crippen LogP contribution in [0.25, 0.3) is 0 Å². The minimum absolute atomic E-state index is 0.300. The number of nitrogens with zero attached hydrogens (tertiary/aromatic N) is 2. The molecule has 3 aliphatic rings. The molecule has 0 radical (unpaired) electrons. The molecule has 1 aromatic heterocycles. The molecule has 4 atom stereocenters. The van der Waals surface area contributed by atoms with Crippen molar-refractivity contribution >= 4 is 0 Å². The minimum atomic E-state index is -0.300. The van der Waals surface area contributed by atoms with E-state index in [2.05, 4.69) is 10.1 Å². The lowest BCUT2D eigenvalue weighted by Crippen LogP contribution is -2.20. The molecule has 3 saturated carbocycles. The third-order valence-electron chi connectivity index (χ3n) is 5.88. The number of rotatable bonds is 4. The molecule has 0 saturated heterocycles. The van der Waals surface area contributed by atoms with Crippen LogP contribution in [-0.4, -0.2) is 21.4 Å². The van der Waals surface area contributed by atoms with Gasteiger partial charge in [-0.1, -0.05) is 24.4 Å². The summed E-state index contributed by atoms with van der Waals surface area (Å²) < 4.78 is 5.39. The van der Waals surface area contributed by atoms with E-state index in [9.17, 15) is 5.11 Å². The monoisotopic (exact) mass is 276 g/mol. The Labute approximate surface area is 120 Å². The summed E-state index contributed by atoms with van der Waals surface area (Å²) in [6.45, 7) is 0. The van der Waals surface area contributed by atoms with Crippen LogP contribution in [0.15, 0.2) is 4.52 Å². The van der Waals surface area contributed by atoms with Gasteiger partial charge in [-0.25, -0.2) is 0 Å². The van der Waals surface area contributed by atoms with Gasteiger partial charge in [-0.2, -0.15) is 4.98 Å². The van der Waals surface area contributed by atoms with Crippen molar-refractivity contribution in [1.82, 2.24) is 10.1 Å². The van der Waals surface area contributed by atoms with Crippen LogP contribution in [-0.2, 0) is 6.42 Å². The summed E-state index contributed by atoms with van der Waals surface area (Å²) in [6.07, 6.45) is 10.4. The molecule has 4 rings (SSSR count). The second-order valence-electron chi connectivity index (χ2n) is 7.14. The van der Waals surface area contributed by atoms with Crippen molar-refractivity contribution in [3.63, 3.8) is 0 Å². The van der Waals surface area contributed by atoms with E-state index < -0.39 is 0 Å². The summed E-state index contributed by atoms with van der Waals surface area (Å²) in [5, 5.41) is 14.5. The number of hydrogen-bond acceptors (Lipinski definition) is 4. The van der Waals surface area contributed by atoms with E-state index in [1.54, 1.807) is 0 Å². The van der Waals surface area contributed by atoms with E-state index in [1.807, 2.05) is 0 Å². The van der Waals surface area contributed by atoms with Gasteiger partial charge >= 0.3 is 0 Å². The molecular formula is C16H24N2O2. The highest BCUT2D eigenvalue weighted by Crippen LogP contribution is 2.52. The van der Waals surface area contributed by atoms with Gasteiger partial charge in [0, 0.05) is 5.92 Å². The zero-order chi connectivity index (χ0) is 13.5. The second kappa shape index (κ2) is 5.14. The summed E-state index contributed by atoms with van der Waals surface area (Å²) in [7, 11) is 0. The molecule has 1 heterocycles. The summed E-state index contributed by atoms with van der Waals surface area (Å²) >= 11 is 0. The fraction of sp³-hybridized carbons (Fsp3) is 0.875. The first kappa shape index (κ1) is 12.8. The smallest absolute Gasteiger partial charge is 0.229 e. The standard InChI is InChI=1S/C16H24N2O2/c19-14(11-3-1-2-4-11)9-15-17-16(18-20-15)13-8-10-5-6-12(13)7-10/h10-14,19H,1-9H2. The zero-order valence-corrected chi connectivity index (χ0v) is 12.0. The Bertz CT molecular complexity index is 467. The Morgan fingerprint density at radius 3 is 2.70 bits per heavy atom. The Hall–Kier alpha value is -0.900. The van der Waals surface area contributed by atoms with Crippen LogP contribution in [0.5, 0.6) is 0 Å². The van der Waals surface area contributed by atoms with Gasteiger partial charge in [0.15, 0.2) is 5.82 Å². The third kappa shape index (κ3) is 2.28. The lowest BCUT2D eigenvalue weighted by Gasteiger charge is -2.17. The summed E-state index contributed by atoms with van der Waals surface area (Å²) in [6, 6.07) is 0.